The van der Waals surface area contributed by atoms with Gasteiger partial charge < -0.3 is 14.2 Å². The summed E-state index contributed by atoms with van der Waals surface area (Å²) >= 11 is 0. The van der Waals surface area contributed by atoms with E-state index >= 15 is 0 Å². The number of hydrogen-bond donors (Lipinski definition) is 0. The predicted molar refractivity (Wildman–Crippen MR) is 97.4 cm³/mol. The number of nitro groups is 1. The van der Waals surface area contributed by atoms with Crippen molar-refractivity contribution >= 4 is 28.3 Å². The summed E-state index contributed by atoms with van der Waals surface area (Å²) in [5.74, 6) is 0.175. The van der Waals surface area contributed by atoms with Crippen LogP contribution in [-0.2, 0) is 0 Å². The zero-order chi connectivity index (χ0) is 18.1. The summed E-state index contributed by atoms with van der Waals surface area (Å²) in [7, 11) is 0. The number of nitrogens with zero attached hydrogens (tertiary/aromatic N) is 3. The second kappa shape index (κ2) is 6.51. The number of carbonyl (C=O) groups excluding carboxylic acids is 1. The van der Waals surface area contributed by atoms with Crippen LogP contribution < -0.4 is 4.90 Å². The van der Waals surface area contributed by atoms with E-state index < -0.39 is 0 Å². The van der Waals surface area contributed by atoms with Crippen molar-refractivity contribution in [3.63, 3.8) is 0 Å². The first-order valence-electron chi connectivity index (χ1n) is 8.40. The van der Waals surface area contributed by atoms with Gasteiger partial charge in [-0.15, -0.1) is 0 Å². The lowest BCUT2D eigenvalue weighted by Gasteiger charge is -2.35. The average Bonchev–Trinajstić information content (AvgIpc) is 3.12. The van der Waals surface area contributed by atoms with Crippen LogP contribution in [-0.4, -0.2) is 41.9 Å². The standard InChI is InChI=1S/C19H17N3O4/c23-19(18-13-14-5-1-4-8-17(14)26-18)21-11-9-20(10-12-21)15-6-2-3-7-16(15)22(24)25/h1-8,13H,9-12H2. The number of fused-ring (bicyclic) bond motifs is 1. The molecule has 7 nitrogen and oxygen atoms in total. The van der Waals surface area contributed by atoms with Gasteiger partial charge in [-0.3, -0.25) is 14.9 Å². The Morgan fingerprint density at radius 3 is 2.42 bits per heavy atom. The molecule has 1 saturated heterocycles. The summed E-state index contributed by atoms with van der Waals surface area (Å²) in [4.78, 5) is 27.2. The molecule has 132 valence electrons. The quantitative estimate of drug-likeness (QED) is 0.534. The maximum Gasteiger partial charge on any atom is 0.292 e. The molecular weight excluding hydrogens is 334 g/mol. The lowest BCUT2D eigenvalue weighted by molar-refractivity contribution is -0.384. The maximum absolute atomic E-state index is 12.7. The SMILES string of the molecule is O=C(c1cc2ccccc2o1)N1CCN(c2ccccc2[N+](=O)[O-])CC1. The molecule has 0 bridgehead atoms. The fraction of sp³-hybridized carbons (Fsp3) is 0.211. The number of carbonyl (C=O) groups is 1. The fourth-order valence-corrected chi connectivity index (χ4v) is 3.28. The van der Waals surface area contributed by atoms with Gasteiger partial charge in [-0.05, 0) is 18.2 Å². The van der Waals surface area contributed by atoms with Crippen LogP contribution in [0.15, 0.2) is 59.0 Å². The van der Waals surface area contributed by atoms with Crippen LogP contribution in [0, 0.1) is 10.1 Å². The van der Waals surface area contributed by atoms with Crippen molar-refractivity contribution in [3.05, 3.63) is 70.5 Å². The maximum atomic E-state index is 12.7. The van der Waals surface area contributed by atoms with Gasteiger partial charge in [-0.1, -0.05) is 30.3 Å². The molecule has 1 amide bonds. The third-order valence-electron chi connectivity index (χ3n) is 4.62. The minimum Gasteiger partial charge on any atom is -0.451 e. The number of para-hydroxylation sites is 3. The van der Waals surface area contributed by atoms with Crippen LogP contribution >= 0.6 is 0 Å². The Labute approximate surface area is 149 Å². The highest BCUT2D eigenvalue weighted by Gasteiger charge is 2.27. The minimum atomic E-state index is -0.374. The molecule has 26 heavy (non-hydrogen) atoms. The van der Waals surface area contributed by atoms with Gasteiger partial charge in [0.25, 0.3) is 11.6 Å². The number of anilines is 1. The van der Waals surface area contributed by atoms with E-state index in [1.165, 1.54) is 6.07 Å². The summed E-state index contributed by atoms with van der Waals surface area (Å²) in [6, 6.07) is 15.9. The van der Waals surface area contributed by atoms with Crippen molar-refractivity contribution in [1.29, 1.82) is 0 Å². The van der Waals surface area contributed by atoms with Gasteiger partial charge >= 0.3 is 0 Å². The van der Waals surface area contributed by atoms with E-state index in [1.807, 2.05) is 29.2 Å². The van der Waals surface area contributed by atoms with Crippen molar-refractivity contribution in [3.8, 4) is 0 Å². The van der Waals surface area contributed by atoms with Gasteiger partial charge in [0.05, 0.1) is 4.92 Å². The Hall–Kier alpha value is -3.35. The summed E-state index contributed by atoms with van der Waals surface area (Å²) in [6.07, 6.45) is 0. The molecule has 0 atom stereocenters. The van der Waals surface area contributed by atoms with Gasteiger partial charge in [0.15, 0.2) is 5.76 Å². The molecule has 0 saturated carbocycles. The molecule has 2 aromatic carbocycles. The minimum absolute atomic E-state index is 0.0876. The zero-order valence-corrected chi connectivity index (χ0v) is 14.0. The molecule has 2 heterocycles. The molecule has 0 unspecified atom stereocenters. The highest BCUT2D eigenvalue weighted by molar-refractivity contribution is 5.96. The first kappa shape index (κ1) is 16.1. The van der Waals surface area contributed by atoms with E-state index in [2.05, 4.69) is 0 Å². The van der Waals surface area contributed by atoms with Gasteiger partial charge in [0.2, 0.25) is 0 Å². The third-order valence-corrected chi connectivity index (χ3v) is 4.62. The zero-order valence-electron chi connectivity index (χ0n) is 14.0. The molecule has 0 N–H and O–H groups in total. The molecule has 7 heteroatoms. The topological polar surface area (TPSA) is 79.8 Å². The van der Waals surface area contributed by atoms with E-state index in [0.29, 0.717) is 43.2 Å². The van der Waals surface area contributed by atoms with Crippen molar-refractivity contribution in [1.82, 2.24) is 4.90 Å². The highest BCUT2D eigenvalue weighted by atomic mass is 16.6. The van der Waals surface area contributed by atoms with Gasteiger partial charge in [0, 0.05) is 37.6 Å². The Bertz CT molecular complexity index is 941. The Balaban J connectivity index is 1.48. The Morgan fingerprint density at radius 1 is 1.00 bits per heavy atom. The normalized spacial score (nSPS) is 14.6. The number of amides is 1. The lowest BCUT2D eigenvalue weighted by atomic mass is 10.2. The first-order valence-corrected chi connectivity index (χ1v) is 8.40. The number of furan rings is 1. The van der Waals surface area contributed by atoms with Crippen LogP contribution in [0.1, 0.15) is 10.6 Å². The Morgan fingerprint density at radius 2 is 1.69 bits per heavy atom. The third kappa shape index (κ3) is 2.88. The second-order valence-electron chi connectivity index (χ2n) is 6.17. The summed E-state index contributed by atoms with van der Waals surface area (Å²) in [6.45, 7) is 2.05. The summed E-state index contributed by atoms with van der Waals surface area (Å²) in [5, 5.41) is 12.1. The van der Waals surface area contributed by atoms with E-state index in [-0.39, 0.29) is 16.5 Å². The van der Waals surface area contributed by atoms with Gasteiger partial charge in [0.1, 0.15) is 11.3 Å². The Kier molecular flexibility index (Phi) is 4.04. The lowest BCUT2D eigenvalue weighted by Crippen LogP contribution is -2.48. The molecular formula is C19H17N3O4. The van der Waals surface area contributed by atoms with Crippen molar-refractivity contribution in [2.45, 2.75) is 0 Å². The van der Waals surface area contributed by atoms with Crippen LogP contribution in [0.3, 0.4) is 0 Å². The highest BCUT2D eigenvalue weighted by Crippen LogP contribution is 2.28. The molecule has 0 spiro atoms. The largest absolute Gasteiger partial charge is 0.451 e. The van der Waals surface area contributed by atoms with Crippen LogP contribution in [0.5, 0.6) is 0 Å². The molecule has 4 rings (SSSR count). The molecule has 0 radical (unpaired) electrons. The molecule has 3 aromatic rings. The van der Waals surface area contributed by atoms with Crippen LogP contribution in [0.4, 0.5) is 11.4 Å². The van der Waals surface area contributed by atoms with Crippen LogP contribution in [0.2, 0.25) is 0 Å². The van der Waals surface area contributed by atoms with Crippen molar-refractivity contribution in [2.75, 3.05) is 31.1 Å². The average molecular weight is 351 g/mol. The molecule has 1 aromatic heterocycles. The van der Waals surface area contributed by atoms with E-state index in [0.717, 1.165) is 5.39 Å². The summed E-state index contributed by atoms with van der Waals surface area (Å²) in [5.41, 5.74) is 1.37. The number of nitro benzene ring substituents is 1. The fourth-order valence-electron chi connectivity index (χ4n) is 3.28. The van der Waals surface area contributed by atoms with Gasteiger partial charge in [-0.25, -0.2) is 0 Å². The van der Waals surface area contributed by atoms with Crippen molar-refractivity contribution in [2.24, 2.45) is 0 Å². The number of rotatable bonds is 3. The number of piperazine rings is 1. The molecule has 1 aliphatic heterocycles. The first-order chi connectivity index (χ1) is 12.6. The van der Waals surface area contributed by atoms with Gasteiger partial charge in [-0.2, -0.15) is 0 Å². The van der Waals surface area contributed by atoms with E-state index in [9.17, 15) is 14.9 Å². The van der Waals surface area contributed by atoms with E-state index in [4.69, 9.17) is 4.42 Å². The second-order valence-corrected chi connectivity index (χ2v) is 6.17. The monoisotopic (exact) mass is 351 g/mol. The smallest absolute Gasteiger partial charge is 0.292 e. The molecule has 1 aliphatic rings. The molecule has 1 fully saturated rings. The number of benzene rings is 2. The summed E-state index contributed by atoms with van der Waals surface area (Å²) < 4.78 is 5.65. The molecule has 0 aliphatic carbocycles. The van der Waals surface area contributed by atoms with Crippen LogP contribution in [0.25, 0.3) is 11.0 Å². The predicted octanol–water partition coefficient (Wildman–Crippen LogP) is 3.30. The van der Waals surface area contributed by atoms with E-state index in [1.54, 1.807) is 29.2 Å². The number of hydrogen-bond acceptors (Lipinski definition) is 5. The van der Waals surface area contributed by atoms with Crippen molar-refractivity contribution < 1.29 is 14.1 Å².